The number of benzene rings is 1. The second-order valence-corrected chi connectivity index (χ2v) is 4.31. The number of hydrogen-bond donors (Lipinski definition) is 1. The Morgan fingerprint density at radius 3 is 2.80 bits per heavy atom. The minimum atomic E-state index is -1.01. The zero-order valence-electron chi connectivity index (χ0n) is 11.2. The highest BCUT2D eigenvalue weighted by Crippen LogP contribution is 2.11. The van der Waals surface area contributed by atoms with E-state index in [2.05, 4.69) is 4.98 Å². The molecule has 1 N–H and O–H groups in total. The number of carboxylic acids is 1. The van der Waals surface area contributed by atoms with Crippen LogP contribution in [0.25, 0.3) is 0 Å². The minimum absolute atomic E-state index is 0.176. The van der Waals surface area contributed by atoms with Crippen LogP contribution < -0.4 is 10.3 Å². The SMILES string of the molecule is COc1nc(C)cc(=O)n1Cc1cccc(C(=O)O)c1. The number of aryl methyl sites for hydroxylation is 1. The predicted octanol–water partition coefficient (Wildman–Crippen LogP) is 1.31. The molecule has 0 aliphatic heterocycles. The van der Waals surface area contributed by atoms with Gasteiger partial charge in [0.25, 0.3) is 11.6 Å². The summed E-state index contributed by atoms with van der Waals surface area (Å²) < 4.78 is 6.45. The lowest BCUT2D eigenvalue weighted by molar-refractivity contribution is 0.0696. The van der Waals surface area contributed by atoms with Gasteiger partial charge in [-0.2, -0.15) is 0 Å². The summed E-state index contributed by atoms with van der Waals surface area (Å²) >= 11 is 0. The van der Waals surface area contributed by atoms with E-state index in [-0.39, 0.29) is 23.7 Å². The summed E-state index contributed by atoms with van der Waals surface area (Å²) in [6.45, 7) is 1.91. The van der Waals surface area contributed by atoms with Crippen molar-refractivity contribution in [3.8, 4) is 6.01 Å². The molecule has 0 aliphatic carbocycles. The molecule has 1 heterocycles. The summed E-state index contributed by atoms with van der Waals surface area (Å²) in [4.78, 5) is 27.0. The molecule has 104 valence electrons. The molecular formula is C14H14N2O4. The number of hydrogen-bond acceptors (Lipinski definition) is 4. The van der Waals surface area contributed by atoms with Crippen LogP contribution in [0.5, 0.6) is 6.01 Å². The molecule has 0 saturated carbocycles. The van der Waals surface area contributed by atoms with Gasteiger partial charge in [0.2, 0.25) is 0 Å². The summed E-state index contributed by atoms with van der Waals surface area (Å²) in [5.74, 6) is -1.01. The van der Waals surface area contributed by atoms with Gasteiger partial charge in [-0.3, -0.25) is 9.36 Å². The van der Waals surface area contributed by atoms with Crippen LogP contribution in [0.3, 0.4) is 0 Å². The molecule has 2 aromatic rings. The molecule has 1 aromatic carbocycles. The molecule has 0 unspecified atom stereocenters. The standard InChI is InChI=1S/C14H14N2O4/c1-9-6-12(17)16(14(15-9)20-2)8-10-4-3-5-11(7-10)13(18)19/h3-7H,8H2,1-2H3,(H,18,19). The van der Waals surface area contributed by atoms with Crippen LogP contribution in [0.4, 0.5) is 0 Å². The van der Waals surface area contributed by atoms with Gasteiger partial charge >= 0.3 is 5.97 Å². The summed E-state index contributed by atoms with van der Waals surface area (Å²) in [5.41, 5.74) is 1.20. The first-order valence-electron chi connectivity index (χ1n) is 5.96. The first kappa shape index (κ1) is 13.8. The molecule has 1 aromatic heterocycles. The number of carboxylic acid groups (broad SMARTS) is 1. The second kappa shape index (κ2) is 5.56. The predicted molar refractivity (Wildman–Crippen MR) is 72.3 cm³/mol. The highest BCUT2D eigenvalue weighted by atomic mass is 16.5. The maximum atomic E-state index is 12.0. The van der Waals surface area contributed by atoms with Crippen LogP contribution in [0.2, 0.25) is 0 Å². The van der Waals surface area contributed by atoms with Crippen molar-refractivity contribution in [3.05, 3.63) is 57.5 Å². The first-order valence-corrected chi connectivity index (χ1v) is 5.96. The van der Waals surface area contributed by atoms with Gasteiger partial charge in [-0.05, 0) is 24.6 Å². The van der Waals surface area contributed by atoms with Crippen molar-refractivity contribution in [2.75, 3.05) is 7.11 Å². The zero-order valence-corrected chi connectivity index (χ0v) is 11.2. The van der Waals surface area contributed by atoms with E-state index in [9.17, 15) is 9.59 Å². The Hall–Kier alpha value is -2.63. The molecular weight excluding hydrogens is 260 g/mol. The molecule has 20 heavy (non-hydrogen) atoms. The van der Waals surface area contributed by atoms with E-state index >= 15 is 0 Å². The molecule has 0 saturated heterocycles. The number of aromatic carboxylic acids is 1. The van der Waals surface area contributed by atoms with Crippen LogP contribution in [0, 0.1) is 6.92 Å². The third-order valence-electron chi connectivity index (χ3n) is 2.80. The Bertz CT molecular complexity index is 707. The van der Waals surface area contributed by atoms with Crippen molar-refractivity contribution < 1.29 is 14.6 Å². The van der Waals surface area contributed by atoms with E-state index in [1.165, 1.54) is 29.9 Å². The highest BCUT2D eigenvalue weighted by molar-refractivity contribution is 5.87. The van der Waals surface area contributed by atoms with Gasteiger partial charge in [-0.1, -0.05) is 12.1 Å². The van der Waals surface area contributed by atoms with Crippen molar-refractivity contribution in [3.63, 3.8) is 0 Å². The lowest BCUT2D eigenvalue weighted by Crippen LogP contribution is -2.23. The van der Waals surface area contributed by atoms with Gasteiger partial charge < -0.3 is 9.84 Å². The Morgan fingerprint density at radius 2 is 2.15 bits per heavy atom. The second-order valence-electron chi connectivity index (χ2n) is 4.31. The Kier molecular flexibility index (Phi) is 3.84. The van der Waals surface area contributed by atoms with Crippen molar-refractivity contribution in [2.24, 2.45) is 0 Å². The quantitative estimate of drug-likeness (QED) is 0.909. The fourth-order valence-electron chi connectivity index (χ4n) is 1.88. The van der Waals surface area contributed by atoms with Crippen molar-refractivity contribution in [1.29, 1.82) is 0 Å². The Labute approximate surface area is 115 Å². The first-order chi connectivity index (χ1) is 9.51. The third kappa shape index (κ3) is 2.85. The van der Waals surface area contributed by atoms with Gasteiger partial charge in [-0.25, -0.2) is 9.78 Å². The average Bonchev–Trinajstić information content (AvgIpc) is 2.41. The lowest BCUT2D eigenvalue weighted by atomic mass is 10.1. The molecule has 0 amide bonds. The topological polar surface area (TPSA) is 81.4 Å². The normalized spacial score (nSPS) is 10.3. The van der Waals surface area contributed by atoms with E-state index in [1.807, 2.05) is 0 Å². The fourth-order valence-corrected chi connectivity index (χ4v) is 1.88. The number of nitrogens with zero attached hydrogens (tertiary/aromatic N) is 2. The highest BCUT2D eigenvalue weighted by Gasteiger charge is 2.09. The average molecular weight is 274 g/mol. The van der Waals surface area contributed by atoms with Crippen molar-refractivity contribution in [2.45, 2.75) is 13.5 Å². The maximum Gasteiger partial charge on any atom is 0.335 e. The molecule has 6 heteroatoms. The van der Waals surface area contributed by atoms with Crippen molar-refractivity contribution >= 4 is 5.97 Å². The summed E-state index contributed by atoms with van der Waals surface area (Å²) in [5, 5.41) is 8.96. The molecule has 0 fully saturated rings. The largest absolute Gasteiger partial charge is 0.478 e. The molecule has 0 aliphatic rings. The lowest BCUT2D eigenvalue weighted by Gasteiger charge is -2.11. The van der Waals surface area contributed by atoms with Crippen LogP contribution in [-0.2, 0) is 6.54 Å². The summed E-state index contributed by atoms with van der Waals surface area (Å²) in [6, 6.07) is 8.02. The summed E-state index contributed by atoms with van der Waals surface area (Å²) in [6.07, 6.45) is 0. The fraction of sp³-hybridized carbons (Fsp3) is 0.214. The Morgan fingerprint density at radius 1 is 1.40 bits per heavy atom. The summed E-state index contributed by atoms with van der Waals surface area (Å²) in [7, 11) is 1.44. The Balaban J connectivity index is 2.42. The van der Waals surface area contributed by atoms with E-state index in [0.29, 0.717) is 11.3 Å². The van der Waals surface area contributed by atoms with Gasteiger partial charge in [-0.15, -0.1) is 0 Å². The third-order valence-corrected chi connectivity index (χ3v) is 2.80. The maximum absolute atomic E-state index is 12.0. The number of ether oxygens (including phenoxy) is 1. The van der Waals surface area contributed by atoms with Gasteiger partial charge in [0.1, 0.15) is 0 Å². The molecule has 6 nitrogen and oxygen atoms in total. The molecule has 2 rings (SSSR count). The van der Waals surface area contributed by atoms with Crippen molar-refractivity contribution in [1.82, 2.24) is 9.55 Å². The molecule has 0 atom stereocenters. The molecule has 0 bridgehead atoms. The number of rotatable bonds is 4. The van der Waals surface area contributed by atoms with E-state index in [4.69, 9.17) is 9.84 Å². The smallest absolute Gasteiger partial charge is 0.335 e. The number of aromatic nitrogens is 2. The van der Waals surface area contributed by atoms with Crippen LogP contribution in [-0.4, -0.2) is 27.7 Å². The van der Waals surface area contributed by atoms with Crippen LogP contribution >= 0.6 is 0 Å². The van der Waals surface area contributed by atoms with Crippen LogP contribution in [0.15, 0.2) is 35.1 Å². The molecule has 0 radical (unpaired) electrons. The minimum Gasteiger partial charge on any atom is -0.478 e. The van der Waals surface area contributed by atoms with Gasteiger partial charge in [0.05, 0.1) is 19.2 Å². The van der Waals surface area contributed by atoms with Crippen LogP contribution in [0.1, 0.15) is 21.6 Å². The number of carbonyl (C=O) groups is 1. The van der Waals surface area contributed by atoms with E-state index < -0.39 is 5.97 Å². The zero-order chi connectivity index (χ0) is 14.7. The van der Waals surface area contributed by atoms with Gasteiger partial charge in [0, 0.05) is 11.8 Å². The molecule has 0 spiro atoms. The van der Waals surface area contributed by atoms with E-state index in [0.717, 1.165) is 0 Å². The number of methoxy groups -OCH3 is 1. The van der Waals surface area contributed by atoms with Gasteiger partial charge in [0.15, 0.2) is 0 Å². The van der Waals surface area contributed by atoms with E-state index in [1.54, 1.807) is 19.1 Å². The monoisotopic (exact) mass is 274 g/mol.